The molecule has 0 aliphatic carbocycles. The van der Waals surface area contributed by atoms with Crippen LogP contribution in [0, 0.1) is 0 Å². The summed E-state index contributed by atoms with van der Waals surface area (Å²) in [5.74, 6) is 0.0225. The van der Waals surface area contributed by atoms with Gasteiger partial charge in [-0.1, -0.05) is 17.7 Å². The van der Waals surface area contributed by atoms with Gasteiger partial charge in [0.05, 0.1) is 17.1 Å². The van der Waals surface area contributed by atoms with Crippen molar-refractivity contribution in [2.75, 3.05) is 6.54 Å². The van der Waals surface area contributed by atoms with Gasteiger partial charge < -0.3 is 5.73 Å². The van der Waals surface area contributed by atoms with Crippen LogP contribution >= 0.6 is 11.6 Å². The molecule has 0 spiro atoms. The summed E-state index contributed by atoms with van der Waals surface area (Å²) >= 11 is 5.85. The lowest BCUT2D eigenvalue weighted by Crippen LogP contribution is -2.15. The van der Waals surface area contributed by atoms with Crippen molar-refractivity contribution in [2.24, 2.45) is 5.73 Å². The smallest absolute Gasteiger partial charge is 0.150 e. The van der Waals surface area contributed by atoms with Crippen molar-refractivity contribution in [3.8, 4) is 0 Å². The van der Waals surface area contributed by atoms with Gasteiger partial charge in [-0.15, -0.1) is 0 Å². The largest absolute Gasteiger partial charge is 0.324 e. The van der Waals surface area contributed by atoms with Crippen molar-refractivity contribution in [3.63, 3.8) is 0 Å². The molecule has 3 nitrogen and oxygen atoms in total. The van der Waals surface area contributed by atoms with E-state index in [0.717, 1.165) is 16.5 Å². The Balaban J connectivity index is 2.39. The third-order valence-electron chi connectivity index (χ3n) is 2.34. The number of carbonyl (C=O) groups excluding carboxylic acids is 1. The van der Waals surface area contributed by atoms with E-state index < -0.39 is 0 Å². The summed E-state index contributed by atoms with van der Waals surface area (Å²) in [6.45, 7) is 0.0752. The number of fused-ring (bicyclic) bond motifs is 1. The number of aromatic nitrogens is 1. The van der Waals surface area contributed by atoms with E-state index in [4.69, 9.17) is 17.3 Å². The van der Waals surface area contributed by atoms with Gasteiger partial charge >= 0.3 is 0 Å². The van der Waals surface area contributed by atoms with Crippen molar-refractivity contribution in [2.45, 2.75) is 6.42 Å². The number of rotatable bonds is 3. The first-order chi connectivity index (χ1) is 7.69. The molecule has 0 saturated carbocycles. The van der Waals surface area contributed by atoms with Gasteiger partial charge in [0, 0.05) is 18.0 Å². The summed E-state index contributed by atoms with van der Waals surface area (Å²) in [5, 5.41) is 1.53. The number of ketones is 1. The van der Waals surface area contributed by atoms with Gasteiger partial charge in [-0.05, 0) is 23.8 Å². The number of pyridine rings is 1. The number of carbonyl (C=O) groups is 1. The summed E-state index contributed by atoms with van der Waals surface area (Å²) in [6, 6.07) is 7.52. The first-order valence-corrected chi connectivity index (χ1v) is 5.33. The van der Waals surface area contributed by atoms with E-state index in [1.807, 2.05) is 24.3 Å². The van der Waals surface area contributed by atoms with Crippen molar-refractivity contribution in [3.05, 3.63) is 41.0 Å². The fourth-order valence-corrected chi connectivity index (χ4v) is 1.73. The molecule has 1 aromatic carbocycles. The minimum Gasteiger partial charge on any atom is -0.324 e. The summed E-state index contributed by atoms with van der Waals surface area (Å²) < 4.78 is 0. The molecule has 2 N–H and O–H groups in total. The zero-order chi connectivity index (χ0) is 11.5. The molecular formula is C12H11ClN2O. The topological polar surface area (TPSA) is 56.0 Å². The first kappa shape index (κ1) is 11.0. The number of nitrogens with two attached hydrogens (primary N) is 1. The number of benzene rings is 1. The van der Waals surface area contributed by atoms with Crippen LogP contribution in [-0.2, 0) is 11.2 Å². The van der Waals surface area contributed by atoms with Gasteiger partial charge in [0.15, 0.2) is 5.78 Å². The first-order valence-electron chi connectivity index (χ1n) is 4.95. The Morgan fingerprint density at radius 2 is 2.19 bits per heavy atom. The quantitative estimate of drug-likeness (QED) is 0.883. The van der Waals surface area contributed by atoms with Crippen LogP contribution in [0.3, 0.4) is 0 Å². The number of halogens is 1. The predicted molar refractivity (Wildman–Crippen MR) is 64.5 cm³/mol. The predicted octanol–water partition coefficient (Wildman–Crippen LogP) is 1.96. The number of Topliss-reactive ketones (excluding diaryl/α,β-unsaturated/α-hetero) is 1. The summed E-state index contributed by atoms with van der Waals surface area (Å²) in [5.41, 5.74) is 7.08. The second kappa shape index (κ2) is 4.60. The molecule has 4 heteroatoms. The summed E-state index contributed by atoms with van der Waals surface area (Å²) in [7, 11) is 0. The Kier molecular flexibility index (Phi) is 3.17. The van der Waals surface area contributed by atoms with E-state index in [0.29, 0.717) is 11.4 Å². The highest BCUT2D eigenvalue weighted by atomic mass is 35.5. The standard InChI is InChI=1S/C12H11ClN2O/c13-10-5-9-3-8(4-11(16)6-14)1-2-12(9)15-7-10/h1-3,5,7H,4,6,14H2. The molecule has 1 heterocycles. The average Bonchev–Trinajstić information content (AvgIpc) is 2.28. The van der Waals surface area contributed by atoms with E-state index in [1.165, 1.54) is 0 Å². The SMILES string of the molecule is NCC(=O)Cc1ccc2ncc(Cl)cc2c1. The maximum absolute atomic E-state index is 11.2. The lowest BCUT2D eigenvalue weighted by atomic mass is 10.1. The van der Waals surface area contributed by atoms with Crippen LogP contribution in [0.15, 0.2) is 30.5 Å². The monoisotopic (exact) mass is 234 g/mol. The normalized spacial score (nSPS) is 10.6. The van der Waals surface area contributed by atoms with Crippen molar-refractivity contribution < 1.29 is 4.79 Å². The molecule has 0 amide bonds. The average molecular weight is 235 g/mol. The maximum Gasteiger partial charge on any atom is 0.150 e. The lowest BCUT2D eigenvalue weighted by molar-refractivity contribution is -0.117. The van der Waals surface area contributed by atoms with Crippen LogP contribution in [0.1, 0.15) is 5.56 Å². The molecule has 0 radical (unpaired) electrons. The molecule has 0 bridgehead atoms. The van der Waals surface area contributed by atoms with Crippen LogP contribution in [0.5, 0.6) is 0 Å². The molecule has 0 saturated heterocycles. The minimum atomic E-state index is 0.0225. The molecular weight excluding hydrogens is 224 g/mol. The summed E-state index contributed by atoms with van der Waals surface area (Å²) in [6.07, 6.45) is 1.97. The van der Waals surface area contributed by atoms with E-state index >= 15 is 0 Å². The number of hydrogen-bond acceptors (Lipinski definition) is 3. The molecule has 0 aliphatic heterocycles. The van der Waals surface area contributed by atoms with Crippen LogP contribution in [0.4, 0.5) is 0 Å². The zero-order valence-corrected chi connectivity index (χ0v) is 9.37. The van der Waals surface area contributed by atoms with Crippen molar-refractivity contribution in [1.82, 2.24) is 4.98 Å². The van der Waals surface area contributed by atoms with Gasteiger partial charge in [-0.3, -0.25) is 9.78 Å². The highest BCUT2D eigenvalue weighted by Crippen LogP contribution is 2.18. The van der Waals surface area contributed by atoms with Crippen molar-refractivity contribution in [1.29, 1.82) is 0 Å². The van der Waals surface area contributed by atoms with Crippen LogP contribution in [0.2, 0.25) is 5.02 Å². The van der Waals surface area contributed by atoms with Gasteiger partial charge in [0.2, 0.25) is 0 Å². The Morgan fingerprint density at radius 3 is 2.94 bits per heavy atom. The molecule has 2 aromatic rings. The van der Waals surface area contributed by atoms with Crippen LogP contribution in [-0.4, -0.2) is 17.3 Å². The second-order valence-electron chi connectivity index (χ2n) is 3.60. The molecule has 16 heavy (non-hydrogen) atoms. The highest BCUT2D eigenvalue weighted by molar-refractivity contribution is 6.31. The highest BCUT2D eigenvalue weighted by Gasteiger charge is 2.03. The lowest BCUT2D eigenvalue weighted by Gasteiger charge is -2.02. The molecule has 0 aliphatic rings. The Labute approximate surface area is 98.2 Å². The Bertz CT molecular complexity index is 540. The maximum atomic E-state index is 11.2. The Morgan fingerprint density at radius 1 is 1.38 bits per heavy atom. The molecule has 1 aromatic heterocycles. The van der Waals surface area contributed by atoms with Crippen LogP contribution < -0.4 is 5.73 Å². The van der Waals surface area contributed by atoms with Gasteiger partial charge in [0.1, 0.15) is 0 Å². The fourth-order valence-electron chi connectivity index (χ4n) is 1.56. The third kappa shape index (κ3) is 2.38. The van der Waals surface area contributed by atoms with Gasteiger partial charge in [0.25, 0.3) is 0 Å². The van der Waals surface area contributed by atoms with E-state index in [9.17, 15) is 4.79 Å². The van der Waals surface area contributed by atoms with E-state index in [2.05, 4.69) is 4.98 Å². The molecule has 0 fully saturated rings. The molecule has 0 atom stereocenters. The third-order valence-corrected chi connectivity index (χ3v) is 2.55. The fraction of sp³-hybridized carbons (Fsp3) is 0.167. The molecule has 0 unspecified atom stereocenters. The van der Waals surface area contributed by atoms with Gasteiger partial charge in [-0.2, -0.15) is 0 Å². The van der Waals surface area contributed by atoms with Crippen molar-refractivity contribution >= 4 is 28.3 Å². The molecule has 2 rings (SSSR count). The zero-order valence-electron chi connectivity index (χ0n) is 8.61. The number of nitrogens with zero attached hydrogens (tertiary/aromatic N) is 1. The second-order valence-corrected chi connectivity index (χ2v) is 4.04. The molecule has 82 valence electrons. The van der Waals surface area contributed by atoms with E-state index in [1.54, 1.807) is 6.20 Å². The van der Waals surface area contributed by atoms with Crippen LogP contribution in [0.25, 0.3) is 10.9 Å². The summed E-state index contributed by atoms with van der Waals surface area (Å²) in [4.78, 5) is 15.4. The van der Waals surface area contributed by atoms with E-state index in [-0.39, 0.29) is 12.3 Å². The minimum absolute atomic E-state index is 0.0225. The Hall–Kier alpha value is -1.45. The van der Waals surface area contributed by atoms with Gasteiger partial charge in [-0.25, -0.2) is 0 Å². The number of hydrogen-bond donors (Lipinski definition) is 1.